The highest BCUT2D eigenvalue weighted by molar-refractivity contribution is 4.91. The van der Waals surface area contributed by atoms with Crippen LogP contribution >= 0.6 is 0 Å². The van der Waals surface area contributed by atoms with Crippen molar-refractivity contribution < 1.29 is 9.47 Å². The number of aromatic nitrogens is 3. The summed E-state index contributed by atoms with van der Waals surface area (Å²) in [6.45, 7) is 6.44. The Balaban J connectivity index is 1.66. The maximum Gasteiger partial charge on any atom is 0.0964 e. The van der Waals surface area contributed by atoms with Crippen LogP contribution in [0.1, 0.15) is 45.2 Å². The van der Waals surface area contributed by atoms with Crippen molar-refractivity contribution >= 4 is 0 Å². The molecule has 1 N–H and O–H groups in total. The van der Waals surface area contributed by atoms with E-state index in [-0.39, 0.29) is 0 Å². The lowest BCUT2D eigenvalue weighted by Gasteiger charge is -2.28. The molecule has 0 aliphatic heterocycles. The summed E-state index contributed by atoms with van der Waals surface area (Å²) in [5, 5.41) is 11.6. The molecule has 6 nitrogen and oxygen atoms in total. The van der Waals surface area contributed by atoms with Crippen LogP contribution in [0.25, 0.3) is 0 Å². The second kappa shape index (κ2) is 8.46. The molecule has 1 aromatic heterocycles. The normalized spacial score (nSPS) is 22.9. The highest BCUT2D eigenvalue weighted by Crippen LogP contribution is 2.22. The molecule has 2 atom stereocenters. The van der Waals surface area contributed by atoms with Crippen molar-refractivity contribution in [1.82, 2.24) is 20.3 Å². The van der Waals surface area contributed by atoms with Crippen molar-refractivity contribution in [2.45, 2.75) is 70.9 Å². The van der Waals surface area contributed by atoms with Gasteiger partial charge in [0.05, 0.1) is 31.1 Å². The van der Waals surface area contributed by atoms with Gasteiger partial charge in [-0.25, -0.2) is 4.68 Å². The largest absolute Gasteiger partial charge is 0.381 e. The van der Waals surface area contributed by atoms with Crippen molar-refractivity contribution in [3.05, 3.63) is 11.9 Å². The minimum Gasteiger partial charge on any atom is -0.381 e. The first-order chi connectivity index (χ1) is 10.2. The third-order valence-electron chi connectivity index (χ3n) is 3.86. The highest BCUT2D eigenvalue weighted by atomic mass is 16.5. The predicted octanol–water partition coefficient (Wildman–Crippen LogP) is 1.75. The molecule has 1 heterocycles. The van der Waals surface area contributed by atoms with E-state index in [0.717, 1.165) is 38.0 Å². The maximum atomic E-state index is 5.94. The number of nitrogens with zero attached hydrogens (tertiary/aromatic N) is 3. The molecule has 0 radical (unpaired) electrons. The number of nitrogens with one attached hydrogen (secondary N) is 1. The van der Waals surface area contributed by atoms with E-state index in [4.69, 9.17) is 9.47 Å². The molecule has 0 saturated heterocycles. The van der Waals surface area contributed by atoms with E-state index in [0.29, 0.717) is 24.9 Å². The molecular formula is C15H28N4O2. The van der Waals surface area contributed by atoms with Crippen LogP contribution < -0.4 is 5.32 Å². The molecular weight excluding hydrogens is 268 g/mol. The van der Waals surface area contributed by atoms with Crippen LogP contribution in [0, 0.1) is 0 Å². The Morgan fingerprint density at radius 2 is 2.19 bits per heavy atom. The van der Waals surface area contributed by atoms with Gasteiger partial charge in [-0.1, -0.05) is 19.1 Å². The van der Waals surface area contributed by atoms with Crippen LogP contribution in [0.15, 0.2) is 6.20 Å². The first kappa shape index (κ1) is 16.4. The molecule has 21 heavy (non-hydrogen) atoms. The van der Waals surface area contributed by atoms with Gasteiger partial charge in [-0.2, -0.15) is 0 Å². The number of hydrogen-bond donors (Lipinski definition) is 1. The van der Waals surface area contributed by atoms with Gasteiger partial charge in [-0.15, -0.1) is 5.10 Å². The predicted molar refractivity (Wildman–Crippen MR) is 81.0 cm³/mol. The van der Waals surface area contributed by atoms with Crippen LogP contribution in [0.5, 0.6) is 0 Å². The Hall–Kier alpha value is -0.980. The van der Waals surface area contributed by atoms with E-state index in [1.807, 2.05) is 10.9 Å². The molecule has 6 heteroatoms. The lowest BCUT2D eigenvalue weighted by Crippen LogP contribution is -2.28. The van der Waals surface area contributed by atoms with E-state index < -0.39 is 0 Å². The third kappa shape index (κ3) is 5.73. The highest BCUT2D eigenvalue weighted by Gasteiger charge is 2.21. The fourth-order valence-electron chi connectivity index (χ4n) is 2.62. The summed E-state index contributed by atoms with van der Waals surface area (Å²) in [6, 6.07) is 0.457. The Labute approximate surface area is 127 Å². The first-order valence-corrected chi connectivity index (χ1v) is 7.94. The van der Waals surface area contributed by atoms with Crippen molar-refractivity contribution in [3.8, 4) is 0 Å². The minimum atomic E-state index is 0.328. The second-order valence-electron chi connectivity index (χ2n) is 6.03. The molecule has 2 unspecified atom stereocenters. The number of ether oxygens (including phenoxy) is 2. The summed E-state index contributed by atoms with van der Waals surface area (Å²) in [4.78, 5) is 0. The molecule has 120 valence electrons. The van der Waals surface area contributed by atoms with Crippen molar-refractivity contribution in [1.29, 1.82) is 0 Å². The molecule has 2 rings (SSSR count). The lowest BCUT2D eigenvalue weighted by atomic mass is 9.95. The molecule has 1 fully saturated rings. The summed E-state index contributed by atoms with van der Waals surface area (Å²) >= 11 is 0. The SMILES string of the molecule is COC1CCCC(OCCn2cc(CNC(C)C)nn2)C1. The number of hydrogen-bond acceptors (Lipinski definition) is 5. The van der Waals surface area contributed by atoms with Gasteiger partial charge in [-0.3, -0.25) is 0 Å². The Bertz CT molecular complexity index is 408. The number of rotatable bonds is 8. The van der Waals surface area contributed by atoms with E-state index in [2.05, 4.69) is 29.5 Å². The van der Waals surface area contributed by atoms with Crippen LogP contribution in [0.4, 0.5) is 0 Å². The summed E-state index contributed by atoms with van der Waals surface area (Å²) < 4.78 is 13.2. The maximum absolute atomic E-state index is 5.94. The standard InChI is InChI=1S/C15H28N4O2/c1-12(2)16-10-13-11-19(18-17-13)7-8-21-15-6-4-5-14(9-15)20-3/h11-12,14-16H,4-10H2,1-3H3. The molecule has 0 amide bonds. The summed E-state index contributed by atoms with van der Waals surface area (Å²) in [5.74, 6) is 0. The molecule has 0 bridgehead atoms. The fourth-order valence-corrected chi connectivity index (χ4v) is 2.62. The summed E-state index contributed by atoms with van der Waals surface area (Å²) in [5.41, 5.74) is 0.973. The van der Waals surface area contributed by atoms with Gasteiger partial charge in [0.2, 0.25) is 0 Å². The van der Waals surface area contributed by atoms with Crippen LogP contribution in [0.2, 0.25) is 0 Å². The van der Waals surface area contributed by atoms with Gasteiger partial charge in [0, 0.05) is 25.9 Å². The topological polar surface area (TPSA) is 61.2 Å². The molecule has 1 saturated carbocycles. The average molecular weight is 296 g/mol. The molecule has 1 aliphatic carbocycles. The van der Waals surface area contributed by atoms with Gasteiger partial charge < -0.3 is 14.8 Å². The van der Waals surface area contributed by atoms with Crippen LogP contribution in [-0.4, -0.2) is 47.0 Å². The van der Waals surface area contributed by atoms with Crippen molar-refractivity contribution in [2.75, 3.05) is 13.7 Å². The molecule has 0 aromatic carbocycles. The van der Waals surface area contributed by atoms with E-state index in [1.54, 1.807) is 7.11 Å². The van der Waals surface area contributed by atoms with Gasteiger partial charge in [0.1, 0.15) is 0 Å². The van der Waals surface area contributed by atoms with Crippen LogP contribution in [0.3, 0.4) is 0 Å². The van der Waals surface area contributed by atoms with Gasteiger partial charge >= 0.3 is 0 Å². The van der Waals surface area contributed by atoms with Crippen molar-refractivity contribution in [2.24, 2.45) is 0 Å². The smallest absolute Gasteiger partial charge is 0.0964 e. The zero-order valence-electron chi connectivity index (χ0n) is 13.4. The van der Waals surface area contributed by atoms with Gasteiger partial charge in [0.25, 0.3) is 0 Å². The third-order valence-corrected chi connectivity index (χ3v) is 3.86. The molecule has 1 aliphatic rings. The zero-order chi connectivity index (χ0) is 15.1. The Morgan fingerprint density at radius 1 is 1.38 bits per heavy atom. The molecule has 0 spiro atoms. The Morgan fingerprint density at radius 3 is 2.95 bits per heavy atom. The Kier molecular flexibility index (Phi) is 6.60. The van der Waals surface area contributed by atoms with Crippen LogP contribution in [-0.2, 0) is 22.6 Å². The minimum absolute atomic E-state index is 0.328. The van der Waals surface area contributed by atoms with E-state index in [1.165, 1.54) is 6.42 Å². The quantitative estimate of drug-likeness (QED) is 0.792. The summed E-state index contributed by atoms with van der Waals surface area (Å²) in [7, 11) is 1.79. The van der Waals surface area contributed by atoms with E-state index in [9.17, 15) is 0 Å². The fraction of sp³-hybridized carbons (Fsp3) is 0.867. The van der Waals surface area contributed by atoms with E-state index >= 15 is 0 Å². The zero-order valence-corrected chi connectivity index (χ0v) is 13.4. The average Bonchev–Trinajstić information content (AvgIpc) is 2.93. The van der Waals surface area contributed by atoms with Crippen molar-refractivity contribution in [3.63, 3.8) is 0 Å². The monoisotopic (exact) mass is 296 g/mol. The second-order valence-corrected chi connectivity index (χ2v) is 6.03. The molecule has 1 aromatic rings. The number of methoxy groups -OCH3 is 1. The lowest BCUT2D eigenvalue weighted by molar-refractivity contribution is -0.0320. The first-order valence-electron chi connectivity index (χ1n) is 7.94. The van der Waals surface area contributed by atoms with Gasteiger partial charge in [-0.05, 0) is 25.7 Å². The summed E-state index contributed by atoms with van der Waals surface area (Å²) in [6.07, 6.45) is 7.18. The van der Waals surface area contributed by atoms with Gasteiger partial charge in [0.15, 0.2) is 0 Å².